The molecule has 0 aromatic heterocycles. The Hall–Kier alpha value is -6.61. The van der Waals surface area contributed by atoms with Crippen LogP contribution >= 0.6 is 0 Å². The molecule has 0 saturated heterocycles. The second-order valence-corrected chi connectivity index (χ2v) is 32.1. The fourth-order valence-electron chi connectivity index (χ4n) is 9.00. The van der Waals surface area contributed by atoms with Crippen LogP contribution in [0.4, 0.5) is 17.1 Å². The first-order chi connectivity index (χ1) is 34.4. The highest BCUT2D eigenvalue weighted by Gasteiger charge is 2.45. The van der Waals surface area contributed by atoms with Crippen molar-refractivity contribution >= 4 is 68.0 Å². The predicted octanol–water partition coefficient (Wildman–Crippen LogP) is 8.97. The lowest BCUT2D eigenvalue weighted by Crippen LogP contribution is -2.45. The number of ether oxygens (including phenoxy) is 7. The Labute approximate surface area is 424 Å². The van der Waals surface area contributed by atoms with Gasteiger partial charge in [0.15, 0.2) is 23.0 Å². The molecule has 72 heavy (non-hydrogen) atoms. The van der Waals surface area contributed by atoms with Gasteiger partial charge in [0.2, 0.25) is 0 Å². The maximum Gasteiger partial charge on any atom is 0.260 e. The molecule has 2 atom stereocenters. The summed E-state index contributed by atoms with van der Waals surface area (Å²) in [7, 11) is 1.71. The van der Waals surface area contributed by atoms with Gasteiger partial charge in [-0.2, -0.15) is 0 Å². The Morgan fingerprint density at radius 1 is 0.542 bits per heavy atom. The van der Waals surface area contributed by atoms with E-state index in [-0.39, 0.29) is 61.4 Å². The van der Waals surface area contributed by atoms with E-state index in [0.717, 1.165) is 34.4 Å². The first-order valence-corrected chi connectivity index (χ1v) is 31.8. The second kappa shape index (κ2) is 21.6. The molecule has 0 spiro atoms. The fraction of sp³-hybridized carbons (Fsp3) is 0.407. The zero-order chi connectivity index (χ0) is 51.5. The summed E-state index contributed by atoms with van der Waals surface area (Å²) in [5, 5.41) is 0. The van der Waals surface area contributed by atoms with Gasteiger partial charge in [-0.25, -0.2) is 0 Å². The monoisotopic (exact) mass is 1020 g/mol. The Bertz CT molecular complexity index is 2750. The molecule has 0 saturated carbocycles. The van der Waals surface area contributed by atoms with Gasteiger partial charge < -0.3 is 48.7 Å². The topological polar surface area (TPSA) is 172 Å². The minimum Gasteiger partial charge on any atom is -0.497 e. The lowest BCUT2D eigenvalue weighted by Gasteiger charge is -2.27. The number of carbonyl (C=O) groups is 4. The van der Waals surface area contributed by atoms with Crippen LogP contribution in [0.15, 0.2) is 85.2 Å². The van der Waals surface area contributed by atoms with Crippen LogP contribution in [-0.2, 0) is 19.1 Å². The number of nitrogens with two attached hydrogens (primary N) is 1. The molecule has 4 aromatic rings. The molecule has 4 aliphatic heterocycles. The summed E-state index contributed by atoms with van der Waals surface area (Å²) >= 11 is 0. The van der Waals surface area contributed by atoms with Gasteiger partial charge in [0.25, 0.3) is 23.6 Å². The lowest BCUT2D eigenvalue weighted by molar-refractivity contribution is -0.123. The van der Waals surface area contributed by atoms with Crippen molar-refractivity contribution in [3.63, 3.8) is 0 Å². The van der Waals surface area contributed by atoms with Crippen LogP contribution in [0.3, 0.4) is 0 Å². The average molecular weight is 1020 g/mol. The Kier molecular flexibility index (Phi) is 15.5. The van der Waals surface area contributed by atoms with Crippen molar-refractivity contribution in [1.82, 2.24) is 9.80 Å². The molecule has 0 unspecified atom stereocenters. The van der Waals surface area contributed by atoms with Gasteiger partial charge in [0.1, 0.15) is 31.3 Å². The first kappa shape index (κ1) is 51.7. The van der Waals surface area contributed by atoms with Crippen molar-refractivity contribution in [2.24, 2.45) is 0 Å². The third-order valence-corrected chi connectivity index (χ3v) is 16.7. The molecule has 0 fully saturated rings. The number of carbonyl (C=O) groups excluding carboxylic acids is 4. The standard InChI is InChI=1S/C54H67N5O11Si2/c1-64-40-17-13-36(14-18-40)38-26-46-54(63)59(34-68-22-24-72(7,8)9)44-30-50(48(66-3)28-42(44)52(61)57(46)32-38)70-20-10-19-69-49-29-43-41(27-47(49)65-2)51(60)56-31-37(35-11-15-39(55)16-12-35)25-45(56)53(62)58(43)33-67-21-23-71(4,5)6/h11-18,27-32,45-46H,10,19-26,33-34,55H2,1-9H3/t45-,46-/m0/s1. The van der Waals surface area contributed by atoms with Crippen LogP contribution in [0.5, 0.6) is 28.7 Å². The average Bonchev–Trinajstić information content (AvgIpc) is 3.98. The Morgan fingerprint density at radius 3 is 1.35 bits per heavy atom. The van der Waals surface area contributed by atoms with Gasteiger partial charge in [0, 0.05) is 78.8 Å². The molecule has 0 radical (unpaired) electrons. The van der Waals surface area contributed by atoms with Crippen molar-refractivity contribution in [1.29, 1.82) is 0 Å². The molecule has 4 aromatic carbocycles. The highest BCUT2D eigenvalue weighted by atomic mass is 28.3. The van der Waals surface area contributed by atoms with Gasteiger partial charge in [-0.05, 0) is 70.8 Å². The molecule has 8 rings (SSSR count). The van der Waals surface area contributed by atoms with E-state index in [1.165, 1.54) is 24.0 Å². The molecule has 0 bridgehead atoms. The summed E-state index contributed by atoms with van der Waals surface area (Å²) in [6.07, 6.45) is 4.54. The van der Waals surface area contributed by atoms with Gasteiger partial charge in [-0.15, -0.1) is 0 Å². The predicted molar refractivity (Wildman–Crippen MR) is 283 cm³/mol. The molecule has 16 nitrogen and oxygen atoms in total. The van der Waals surface area contributed by atoms with Crippen LogP contribution < -0.4 is 39.2 Å². The van der Waals surface area contributed by atoms with Crippen LogP contribution in [0.2, 0.25) is 51.4 Å². The number of benzene rings is 4. The van der Waals surface area contributed by atoms with Crippen molar-refractivity contribution in [2.75, 3.05) is 76.8 Å². The van der Waals surface area contributed by atoms with E-state index >= 15 is 0 Å². The fourth-order valence-corrected chi connectivity index (χ4v) is 10.5. The molecule has 4 amide bonds. The number of anilines is 3. The molecular formula is C54H67N5O11Si2. The van der Waals surface area contributed by atoms with E-state index < -0.39 is 28.2 Å². The third kappa shape index (κ3) is 11.4. The number of hydrogen-bond acceptors (Lipinski definition) is 12. The van der Waals surface area contributed by atoms with Gasteiger partial charge >= 0.3 is 0 Å². The van der Waals surface area contributed by atoms with E-state index in [1.54, 1.807) is 65.7 Å². The SMILES string of the molecule is COc1ccc(C2=CN3C(=O)c4cc(OC)c(OCCCOc5cc6c(cc5OC)C(=O)N5C=C(c7ccc(N)cc7)C[C@H]5C(=O)N6COCC[Si](C)(C)C)cc4N(COCC[Si](C)(C)C)C(=O)[C@@H]3C2)cc1. The summed E-state index contributed by atoms with van der Waals surface area (Å²) in [5.74, 6) is 0.774. The van der Waals surface area contributed by atoms with E-state index in [2.05, 4.69) is 39.3 Å². The molecule has 4 heterocycles. The molecule has 382 valence electrons. The van der Waals surface area contributed by atoms with Crippen molar-refractivity contribution < 1.29 is 52.3 Å². The number of methoxy groups -OCH3 is 3. The van der Waals surface area contributed by atoms with E-state index in [1.807, 2.05) is 36.4 Å². The van der Waals surface area contributed by atoms with Crippen molar-refractivity contribution in [3.05, 3.63) is 107 Å². The summed E-state index contributed by atoms with van der Waals surface area (Å²) in [5.41, 5.74) is 11.3. The highest BCUT2D eigenvalue weighted by Crippen LogP contribution is 2.44. The van der Waals surface area contributed by atoms with E-state index in [9.17, 15) is 19.2 Å². The highest BCUT2D eigenvalue weighted by molar-refractivity contribution is 6.76. The summed E-state index contributed by atoms with van der Waals surface area (Å²) in [6, 6.07) is 21.8. The molecular weight excluding hydrogens is 951 g/mol. The molecule has 18 heteroatoms. The summed E-state index contributed by atoms with van der Waals surface area (Å²) in [6.45, 7) is 14.7. The maximum absolute atomic E-state index is 14.6. The lowest BCUT2D eigenvalue weighted by atomic mass is 10.0. The van der Waals surface area contributed by atoms with Crippen LogP contribution in [0.1, 0.15) is 51.1 Å². The zero-order valence-corrected chi connectivity index (χ0v) is 44.9. The van der Waals surface area contributed by atoms with Crippen LogP contribution in [-0.4, -0.2) is 123 Å². The third-order valence-electron chi connectivity index (χ3n) is 13.2. The van der Waals surface area contributed by atoms with Gasteiger partial charge in [-0.1, -0.05) is 63.5 Å². The quantitative estimate of drug-likeness (QED) is 0.0478. The zero-order valence-electron chi connectivity index (χ0n) is 42.9. The Balaban J connectivity index is 1.01. The number of amides is 4. The smallest absolute Gasteiger partial charge is 0.260 e. The van der Waals surface area contributed by atoms with Crippen molar-refractivity contribution in [3.8, 4) is 28.7 Å². The molecule has 4 aliphatic rings. The summed E-state index contributed by atoms with van der Waals surface area (Å²) in [4.78, 5) is 64.2. The van der Waals surface area contributed by atoms with Gasteiger partial charge in [0.05, 0.1) is 57.0 Å². The van der Waals surface area contributed by atoms with Crippen LogP contribution in [0, 0.1) is 0 Å². The second-order valence-electron chi connectivity index (χ2n) is 20.8. The largest absolute Gasteiger partial charge is 0.497 e. The number of hydrogen-bond donors (Lipinski definition) is 1. The minimum atomic E-state index is -1.45. The Morgan fingerprint density at radius 2 is 0.958 bits per heavy atom. The summed E-state index contributed by atoms with van der Waals surface area (Å²) < 4.78 is 42.0. The normalized spacial score (nSPS) is 17.7. The van der Waals surface area contributed by atoms with E-state index in [0.29, 0.717) is 78.3 Å². The number of fused-ring (bicyclic) bond motifs is 4. The number of nitrogens with zero attached hydrogens (tertiary/aromatic N) is 4. The minimum absolute atomic E-state index is 0.0483. The van der Waals surface area contributed by atoms with Gasteiger partial charge in [-0.3, -0.25) is 29.0 Å². The number of nitrogen functional groups attached to an aromatic ring is 1. The maximum atomic E-state index is 14.6. The van der Waals surface area contributed by atoms with Crippen molar-refractivity contribution in [2.45, 2.75) is 82.7 Å². The van der Waals surface area contributed by atoms with Crippen LogP contribution in [0.25, 0.3) is 11.1 Å². The molecule has 2 N–H and O–H groups in total. The number of rotatable bonds is 21. The van der Waals surface area contributed by atoms with E-state index in [4.69, 9.17) is 38.9 Å². The first-order valence-electron chi connectivity index (χ1n) is 24.4. The molecule has 0 aliphatic carbocycles.